The summed E-state index contributed by atoms with van der Waals surface area (Å²) in [4.78, 5) is 0. The van der Waals surface area contributed by atoms with Crippen LogP contribution in [0.3, 0.4) is 0 Å². The van der Waals surface area contributed by atoms with Gasteiger partial charge in [0.25, 0.3) is 0 Å². The lowest BCUT2D eigenvalue weighted by Crippen LogP contribution is -2.05. The summed E-state index contributed by atoms with van der Waals surface area (Å²) in [6, 6.07) is 1.63. The van der Waals surface area contributed by atoms with E-state index in [1.165, 1.54) is 0 Å². The molecule has 3 N–H and O–H groups in total. The van der Waals surface area contributed by atoms with Gasteiger partial charge in [0, 0.05) is 11.1 Å². The Labute approximate surface area is 116 Å². The van der Waals surface area contributed by atoms with E-state index in [0.717, 1.165) is 12.1 Å². The first-order valence-corrected chi connectivity index (χ1v) is 5.84. The lowest BCUT2D eigenvalue weighted by Gasteiger charge is -2.12. The van der Waals surface area contributed by atoms with Crippen LogP contribution >= 0.6 is 23.2 Å². The molecular formula is C11H8Cl2F3N3. The van der Waals surface area contributed by atoms with Crippen molar-refractivity contribution in [1.29, 1.82) is 0 Å². The summed E-state index contributed by atoms with van der Waals surface area (Å²) in [7, 11) is 0. The third kappa shape index (κ3) is 2.50. The maximum atomic E-state index is 12.6. The molecule has 0 aliphatic heterocycles. The molecule has 0 fully saturated rings. The molecule has 8 heteroatoms. The van der Waals surface area contributed by atoms with Crippen molar-refractivity contribution in [2.24, 2.45) is 0 Å². The first-order valence-electron chi connectivity index (χ1n) is 5.09. The zero-order valence-electron chi connectivity index (χ0n) is 9.57. The smallest absolute Gasteiger partial charge is 0.384 e. The Kier molecular flexibility index (Phi) is 3.40. The molecule has 102 valence electrons. The number of benzene rings is 1. The van der Waals surface area contributed by atoms with Crippen LogP contribution < -0.4 is 5.73 Å². The number of H-pyrrole nitrogens is 1. The van der Waals surface area contributed by atoms with Gasteiger partial charge in [-0.15, -0.1) is 0 Å². The number of anilines is 1. The molecule has 3 nitrogen and oxygen atoms in total. The van der Waals surface area contributed by atoms with Crippen LogP contribution in [0.5, 0.6) is 0 Å². The van der Waals surface area contributed by atoms with Crippen molar-refractivity contribution in [3.05, 3.63) is 33.4 Å². The molecule has 0 aliphatic rings. The molecule has 0 aliphatic carbocycles. The molecule has 0 bridgehead atoms. The van der Waals surface area contributed by atoms with Gasteiger partial charge < -0.3 is 5.73 Å². The average molecular weight is 310 g/mol. The summed E-state index contributed by atoms with van der Waals surface area (Å²) in [5, 5.41) is 6.12. The molecular weight excluding hydrogens is 302 g/mol. The molecule has 0 spiro atoms. The number of nitrogens with two attached hydrogens (primary N) is 1. The van der Waals surface area contributed by atoms with E-state index in [9.17, 15) is 13.2 Å². The molecule has 2 aromatic rings. The number of nitrogens with one attached hydrogen (secondary N) is 1. The zero-order chi connectivity index (χ0) is 14.4. The van der Waals surface area contributed by atoms with Crippen LogP contribution in [0.15, 0.2) is 12.1 Å². The Bertz CT molecular complexity index is 592. The number of alkyl halides is 3. The molecule has 2 rings (SSSR count). The minimum Gasteiger partial charge on any atom is -0.384 e. The quantitative estimate of drug-likeness (QED) is 0.825. The number of hydrogen-bond acceptors (Lipinski definition) is 2. The van der Waals surface area contributed by atoms with Crippen LogP contribution in [0.1, 0.15) is 11.3 Å². The summed E-state index contributed by atoms with van der Waals surface area (Å²) in [5.41, 5.74) is 5.91. The summed E-state index contributed by atoms with van der Waals surface area (Å²) in [6.07, 6.45) is -4.51. The standard InChI is InChI=1S/C11H8Cl2F3N3/c1-4-8(10(17)19-18-4)9-6(12)2-5(3-7(9)13)11(14,15)16/h2-3H,1H3,(H3,17,18,19). The van der Waals surface area contributed by atoms with Crippen LogP contribution in [0.25, 0.3) is 11.1 Å². The highest BCUT2D eigenvalue weighted by Gasteiger charge is 2.32. The van der Waals surface area contributed by atoms with Crippen LogP contribution in [0.4, 0.5) is 19.0 Å². The van der Waals surface area contributed by atoms with Crippen molar-refractivity contribution in [3.63, 3.8) is 0 Å². The predicted molar refractivity (Wildman–Crippen MR) is 68.2 cm³/mol. The second-order valence-corrected chi connectivity index (χ2v) is 4.72. The SMILES string of the molecule is Cc1n[nH]c(N)c1-c1c(Cl)cc(C(F)(F)F)cc1Cl. The Morgan fingerprint density at radius 2 is 1.68 bits per heavy atom. The lowest BCUT2D eigenvalue weighted by molar-refractivity contribution is -0.137. The van der Waals surface area contributed by atoms with E-state index in [-0.39, 0.29) is 21.4 Å². The highest BCUT2D eigenvalue weighted by atomic mass is 35.5. The van der Waals surface area contributed by atoms with Crippen molar-refractivity contribution in [2.45, 2.75) is 13.1 Å². The van der Waals surface area contributed by atoms with Gasteiger partial charge in [-0.3, -0.25) is 5.10 Å². The second kappa shape index (κ2) is 4.61. The van der Waals surface area contributed by atoms with E-state index in [4.69, 9.17) is 28.9 Å². The van der Waals surface area contributed by atoms with Gasteiger partial charge in [0.05, 0.1) is 21.3 Å². The topological polar surface area (TPSA) is 54.7 Å². The molecule has 19 heavy (non-hydrogen) atoms. The number of nitrogen functional groups attached to an aromatic ring is 1. The average Bonchev–Trinajstić information content (AvgIpc) is 2.58. The van der Waals surface area contributed by atoms with E-state index in [0.29, 0.717) is 11.3 Å². The fourth-order valence-corrected chi connectivity index (χ4v) is 2.42. The molecule has 1 aromatic carbocycles. The van der Waals surface area contributed by atoms with E-state index >= 15 is 0 Å². The number of hydrogen-bond donors (Lipinski definition) is 2. The molecule has 0 atom stereocenters. The van der Waals surface area contributed by atoms with Crippen molar-refractivity contribution in [1.82, 2.24) is 10.2 Å². The minimum absolute atomic E-state index is 0.129. The van der Waals surface area contributed by atoms with Crippen LogP contribution in [0.2, 0.25) is 10.0 Å². The number of aromatic amines is 1. The van der Waals surface area contributed by atoms with E-state index in [1.54, 1.807) is 6.92 Å². The molecule has 0 radical (unpaired) electrons. The highest BCUT2D eigenvalue weighted by Crippen LogP contribution is 2.42. The third-order valence-corrected chi connectivity index (χ3v) is 3.19. The van der Waals surface area contributed by atoms with Gasteiger partial charge in [0.2, 0.25) is 0 Å². The van der Waals surface area contributed by atoms with Crippen molar-refractivity contribution < 1.29 is 13.2 Å². The predicted octanol–water partition coefficient (Wildman–Crippen LogP) is 4.29. The second-order valence-electron chi connectivity index (χ2n) is 3.91. The lowest BCUT2D eigenvalue weighted by atomic mass is 10.0. The Morgan fingerprint density at radius 1 is 1.16 bits per heavy atom. The Hall–Kier alpha value is -1.40. The monoisotopic (exact) mass is 309 g/mol. The summed E-state index contributed by atoms with van der Waals surface area (Å²) >= 11 is 11.8. The van der Waals surface area contributed by atoms with Gasteiger partial charge >= 0.3 is 6.18 Å². The van der Waals surface area contributed by atoms with Gasteiger partial charge in [-0.25, -0.2) is 0 Å². The normalized spacial score (nSPS) is 11.9. The van der Waals surface area contributed by atoms with Crippen molar-refractivity contribution >= 4 is 29.0 Å². The first kappa shape index (κ1) is 14.0. The minimum atomic E-state index is -4.51. The van der Waals surface area contributed by atoms with Gasteiger partial charge in [0.1, 0.15) is 5.82 Å². The van der Waals surface area contributed by atoms with E-state index in [1.807, 2.05) is 0 Å². The maximum absolute atomic E-state index is 12.6. The molecule has 0 unspecified atom stereocenters. The van der Waals surface area contributed by atoms with Gasteiger partial charge in [0.15, 0.2) is 0 Å². The first-order chi connectivity index (χ1) is 8.71. The number of rotatable bonds is 1. The van der Waals surface area contributed by atoms with Crippen LogP contribution in [-0.2, 0) is 6.18 Å². The number of aryl methyl sites for hydroxylation is 1. The largest absolute Gasteiger partial charge is 0.416 e. The third-order valence-electron chi connectivity index (χ3n) is 2.59. The molecule has 1 aromatic heterocycles. The summed E-state index contributed by atoms with van der Waals surface area (Å²) in [6.45, 7) is 1.65. The maximum Gasteiger partial charge on any atom is 0.416 e. The number of aromatic nitrogens is 2. The zero-order valence-corrected chi connectivity index (χ0v) is 11.1. The van der Waals surface area contributed by atoms with Gasteiger partial charge in [-0.2, -0.15) is 18.3 Å². The van der Waals surface area contributed by atoms with Crippen molar-refractivity contribution in [2.75, 3.05) is 5.73 Å². The Balaban J connectivity index is 2.68. The van der Waals surface area contributed by atoms with E-state index < -0.39 is 11.7 Å². The van der Waals surface area contributed by atoms with Crippen LogP contribution in [0, 0.1) is 6.92 Å². The number of nitrogens with zero attached hydrogens (tertiary/aromatic N) is 1. The van der Waals surface area contributed by atoms with Gasteiger partial charge in [-0.1, -0.05) is 23.2 Å². The molecule has 0 saturated heterocycles. The summed E-state index contributed by atoms with van der Waals surface area (Å²) < 4.78 is 37.9. The highest BCUT2D eigenvalue weighted by molar-refractivity contribution is 6.39. The molecule has 0 saturated carbocycles. The summed E-state index contributed by atoms with van der Waals surface area (Å²) in [5.74, 6) is 0.195. The van der Waals surface area contributed by atoms with Gasteiger partial charge in [-0.05, 0) is 19.1 Å². The van der Waals surface area contributed by atoms with Crippen molar-refractivity contribution in [3.8, 4) is 11.1 Å². The fourth-order valence-electron chi connectivity index (χ4n) is 1.74. The van der Waals surface area contributed by atoms with E-state index in [2.05, 4.69) is 10.2 Å². The fraction of sp³-hybridized carbons (Fsp3) is 0.182. The van der Waals surface area contributed by atoms with Crippen LogP contribution in [-0.4, -0.2) is 10.2 Å². The number of halogens is 5. The molecule has 1 heterocycles. The Morgan fingerprint density at radius 3 is 2.05 bits per heavy atom. The molecule has 0 amide bonds.